The van der Waals surface area contributed by atoms with E-state index in [-0.39, 0.29) is 17.5 Å². The summed E-state index contributed by atoms with van der Waals surface area (Å²) in [6.07, 6.45) is -3.06. The van der Waals surface area contributed by atoms with Crippen molar-refractivity contribution in [3.05, 3.63) is 59.9 Å². The maximum Gasteiger partial charge on any atom is 0.449 e. The number of aromatic nitrogens is 2. The van der Waals surface area contributed by atoms with Crippen LogP contribution in [-0.2, 0) is 17.5 Å². The summed E-state index contributed by atoms with van der Waals surface area (Å²) in [5, 5.41) is 0. The Hall–Kier alpha value is -3.03. The molecule has 1 aliphatic rings. The monoisotopic (exact) mass is 403 g/mol. The third kappa shape index (κ3) is 3.66. The van der Waals surface area contributed by atoms with Gasteiger partial charge in [0.15, 0.2) is 0 Å². The average Bonchev–Trinajstić information content (AvgIpc) is 3.33. The Bertz CT molecular complexity index is 1030. The van der Waals surface area contributed by atoms with Gasteiger partial charge in [-0.25, -0.2) is 4.98 Å². The number of fused-ring (bicyclic) bond motifs is 1. The molecule has 8 heteroatoms. The number of hydrogen-bond acceptors (Lipinski definition) is 3. The highest BCUT2D eigenvalue weighted by molar-refractivity contribution is 5.81. The molecule has 0 aliphatic carbocycles. The molecule has 152 valence electrons. The molecule has 1 atom stereocenters. The van der Waals surface area contributed by atoms with Gasteiger partial charge in [0.05, 0.1) is 24.2 Å². The van der Waals surface area contributed by atoms with Gasteiger partial charge in [0.2, 0.25) is 11.7 Å². The Labute approximate surface area is 165 Å². The van der Waals surface area contributed by atoms with E-state index < -0.39 is 18.5 Å². The summed E-state index contributed by atoms with van der Waals surface area (Å²) in [6.45, 7) is 0.117. The van der Waals surface area contributed by atoms with E-state index in [9.17, 15) is 18.0 Å². The van der Waals surface area contributed by atoms with Crippen molar-refractivity contribution < 1.29 is 22.7 Å². The lowest BCUT2D eigenvalue weighted by atomic mass is 10.0. The van der Waals surface area contributed by atoms with Crippen molar-refractivity contribution in [2.24, 2.45) is 0 Å². The van der Waals surface area contributed by atoms with Crippen LogP contribution >= 0.6 is 0 Å². The summed E-state index contributed by atoms with van der Waals surface area (Å²) in [6, 6.07) is 13.6. The first-order valence-corrected chi connectivity index (χ1v) is 9.34. The maximum atomic E-state index is 13.5. The van der Waals surface area contributed by atoms with E-state index in [1.54, 1.807) is 30.2 Å². The summed E-state index contributed by atoms with van der Waals surface area (Å²) in [4.78, 5) is 18.4. The average molecular weight is 403 g/mol. The van der Waals surface area contributed by atoms with Gasteiger partial charge in [0.1, 0.15) is 12.3 Å². The second kappa shape index (κ2) is 7.42. The highest BCUT2D eigenvalue weighted by Gasteiger charge is 2.39. The first-order valence-electron chi connectivity index (χ1n) is 9.34. The molecule has 2 heterocycles. The molecular weight excluding hydrogens is 383 g/mol. The van der Waals surface area contributed by atoms with E-state index in [0.29, 0.717) is 17.8 Å². The van der Waals surface area contributed by atoms with Crippen molar-refractivity contribution in [2.45, 2.75) is 31.6 Å². The third-order valence-electron chi connectivity index (χ3n) is 5.28. The zero-order valence-corrected chi connectivity index (χ0v) is 15.8. The van der Waals surface area contributed by atoms with Crippen LogP contribution in [0.2, 0.25) is 0 Å². The number of nitrogens with zero attached hydrogens (tertiary/aromatic N) is 3. The van der Waals surface area contributed by atoms with Crippen molar-refractivity contribution in [1.29, 1.82) is 0 Å². The Kier molecular flexibility index (Phi) is 4.94. The lowest BCUT2D eigenvalue weighted by Gasteiger charge is -2.26. The fourth-order valence-corrected chi connectivity index (χ4v) is 3.92. The molecule has 0 radical (unpaired) electrons. The van der Waals surface area contributed by atoms with Crippen LogP contribution in [0.15, 0.2) is 48.5 Å². The molecule has 4 rings (SSSR count). The van der Waals surface area contributed by atoms with Crippen molar-refractivity contribution in [2.75, 3.05) is 13.7 Å². The summed E-state index contributed by atoms with van der Waals surface area (Å²) < 4.78 is 46.7. The number of carbonyl (C=O) groups is 1. The molecule has 0 bridgehead atoms. The number of likely N-dealkylation sites (tertiary alicyclic amines) is 1. The summed E-state index contributed by atoms with van der Waals surface area (Å²) in [7, 11) is 1.58. The Balaban J connectivity index is 1.63. The zero-order valence-electron chi connectivity index (χ0n) is 15.8. The minimum Gasteiger partial charge on any atom is -0.497 e. The van der Waals surface area contributed by atoms with E-state index >= 15 is 0 Å². The molecule has 0 unspecified atom stereocenters. The topological polar surface area (TPSA) is 47.4 Å². The highest BCUT2D eigenvalue weighted by atomic mass is 19.4. The van der Waals surface area contributed by atoms with Crippen LogP contribution in [0.25, 0.3) is 11.0 Å². The number of imidazole rings is 1. The molecule has 1 saturated heterocycles. The van der Waals surface area contributed by atoms with E-state index in [1.165, 1.54) is 6.07 Å². The van der Waals surface area contributed by atoms with Crippen LogP contribution in [0.1, 0.15) is 30.3 Å². The number of amides is 1. The van der Waals surface area contributed by atoms with Crippen LogP contribution in [0.3, 0.4) is 0 Å². The number of benzene rings is 2. The van der Waals surface area contributed by atoms with Gasteiger partial charge in [-0.15, -0.1) is 0 Å². The lowest BCUT2D eigenvalue weighted by Crippen LogP contribution is -2.34. The van der Waals surface area contributed by atoms with Gasteiger partial charge in [-0.05, 0) is 42.7 Å². The summed E-state index contributed by atoms with van der Waals surface area (Å²) in [5.41, 5.74) is 1.47. The number of carbonyl (C=O) groups excluding carboxylic acids is 1. The molecule has 2 aromatic carbocycles. The summed E-state index contributed by atoms with van der Waals surface area (Å²) >= 11 is 0. The zero-order chi connectivity index (χ0) is 20.6. The van der Waals surface area contributed by atoms with E-state index in [0.717, 1.165) is 23.0 Å². The van der Waals surface area contributed by atoms with Crippen LogP contribution < -0.4 is 4.74 Å². The molecule has 1 fully saturated rings. The third-order valence-corrected chi connectivity index (χ3v) is 5.28. The smallest absolute Gasteiger partial charge is 0.449 e. The van der Waals surface area contributed by atoms with Crippen molar-refractivity contribution in [3.8, 4) is 5.75 Å². The Morgan fingerprint density at radius 1 is 1.17 bits per heavy atom. The van der Waals surface area contributed by atoms with Crippen LogP contribution in [0.4, 0.5) is 13.2 Å². The Morgan fingerprint density at radius 3 is 2.59 bits per heavy atom. The van der Waals surface area contributed by atoms with Gasteiger partial charge in [0, 0.05) is 6.54 Å². The van der Waals surface area contributed by atoms with Gasteiger partial charge >= 0.3 is 6.18 Å². The molecule has 1 aromatic heterocycles. The molecular formula is C21H20F3N3O2. The van der Waals surface area contributed by atoms with Crippen molar-refractivity contribution in [3.63, 3.8) is 0 Å². The van der Waals surface area contributed by atoms with E-state index in [2.05, 4.69) is 4.98 Å². The number of methoxy groups -OCH3 is 1. The molecule has 1 amide bonds. The number of ether oxygens (including phenoxy) is 1. The van der Waals surface area contributed by atoms with Gasteiger partial charge in [-0.3, -0.25) is 4.79 Å². The minimum absolute atomic E-state index is 0.155. The molecule has 0 spiro atoms. The molecule has 1 aliphatic heterocycles. The van der Waals surface area contributed by atoms with Crippen molar-refractivity contribution >= 4 is 16.9 Å². The predicted molar refractivity (Wildman–Crippen MR) is 101 cm³/mol. The number of para-hydroxylation sites is 2. The fraction of sp³-hybridized carbons (Fsp3) is 0.333. The maximum absolute atomic E-state index is 13.5. The molecule has 0 N–H and O–H groups in total. The largest absolute Gasteiger partial charge is 0.497 e. The van der Waals surface area contributed by atoms with Crippen molar-refractivity contribution in [1.82, 2.24) is 14.5 Å². The fourth-order valence-electron chi connectivity index (χ4n) is 3.92. The lowest BCUT2D eigenvalue weighted by molar-refractivity contribution is -0.148. The predicted octanol–water partition coefficient (Wildman–Crippen LogP) is 4.43. The quantitative estimate of drug-likeness (QED) is 0.648. The normalized spacial score (nSPS) is 17.1. The van der Waals surface area contributed by atoms with Gasteiger partial charge in [0.25, 0.3) is 0 Å². The highest BCUT2D eigenvalue weighted by Crippen LogP contribution is 2.35. The Morgan fingerprint density at radius 2 is 1.90 bits per heavy atom. The van der Waals surface area contributed by atoms with Gasteiger partial charge < -0.3 is 14.2 Å². The van der Waals surface area contributed by atoms with E-state index in [1.807, 2.05) is 24.3 Å². The second-order valence-electron chi connectivity index (χ2n) is 7.03. The number of alkyl halides is 3. The standard InChI is InChI=1S/C21H20F3N3O2/c1-29-15-10-8-14(9-11-15)17-7-4-12-26(17)19(28)13-27-18-6-3-2-5-16(18)25-20(27)21(22,23)24/h2-3,5-6,8-11,17H,4,7,12-13H2,1H3/t17-/m1/s1. The van der Waals surface area contributed by atoms with E-state index in [4.69, 9.17) is 4.74 Å². The van der Waals surface area contributed by atoms with Crippen LogP contribution in [0.5, 0.6) is 5.75 Å². The van der Waals surface area contributed by atoms with Crippen LogP contribution in [-0.4, -0.2) is 34.0 Å². The number of rotatable bonds is 4. The van der Waals surface area contributed by atoms with Gasteiger partial charge in [-0.2, -0.15) is 13.2 Å². The SMILES string of the molecule is COc1ccc([C@H]2CCCN2C(=O)Cn2c(C(F)(F)F)nc3ccccc32)cc1. The minimum atomic E-state index is -4.64. The van der Waals surface area contributed by atoms with Gasteiger partial charge in [-0.1, -0.05) is 24.3 Å². The molecule has 29 heavy (non-hydrogen) atoms. The summed E-state index contributed by atoms with van der Waals surface area (Å²) in [5.74, 6) is -0.687. The molecule has 0 saturated carbocycles. The first kappa shape index (κ1) is 19.3. The van der Waals surface area contributed by atoms with Crippen LogP contribution in [0, 0.1) is 0 Å². The second-order valence-corrected chi connectivity index (χ2v) is 7.03. The number of halogens is 3. The molecule has 3 aromatic rings. The first-order chi connectivity index (χ1) is 13.9. The molecule has 5 nitrogen and oxygen atoms in total. The number of hydrogen-bond donors (Lipinski definition) is 0.